The van der Waals surface area contributed by atoms with Crippen molar-refractivity contribution in [3.63, 3.8) is 0 Å². The molecule has 0 bridgehead atoms. The molecule has 2 aromatic carbocycles. The highest BCUT2D eigenvalue weighted by molar-refractivity contribution is 5.91. The van der Waals surface area contributed by atoms with Gasteiger partial charge >= 0.3 is 0 Å². The molecule has 7 nitrogen and oxygen atoms in total. The number of aromatic nitrogens is 4. The molecule has 5 rings (SSSR count). The first-order valence-corrected chi connectivity index (χ1v) is 10.9. The van der Waals surface area contributed by atoms with E-state index in [0.29, 0.717) is 17.2 Å². The fourth-order valence-corrected chi connectivity index (χ4v) is 3.87. The van der Waals surface area contributed by atoms with E-state index in [1.807, 2.05) is 60.1 Å². The Kier molecular flexibility index (Phi) is 5.40. The van der Waals surface area contributed by atoms with Gasteiger partial charge < -0.3 is 9.30 Å². The summed E-state index contributed by atoms with van der Waals surface area (Å²) >= 11 is 0. The monoisotopic (exact) mass is 447 g/mol. The minimum Gasteiger partial charge on any atom is -0.438 e. The molecule has 0 amide bonds. The molecule has 34 heavy (non-hydrogen) atoms. The fourth-order valence-electron chi connectivity index (χ4n) is 3.87. The van der Waals surface area contributed by atoms with Crippen LogP contribution in [0.5, 0.6) is 11.6 Å². The maximum atomic E-state index is 13.4. The number of aryl methyl sites for hydroxylation is 2. The largest absolute Gasteiger partial charge is 0.438 e. The van der Waals surface area contributed by atoms with Crippen molar-refractivity contribution < 1.29 is 4.74 Å². The minimum atomic E-state index is -0.336. The number of fused-ring (bicyclic) bond motifs is 2. The Morgan fingerprint density at radius 1 is 1.06 bits per heavy atom. The number of hydrogen-bond acceptors (Lipinski definition) is 5. The molecule has 0 aliphatic carbocycles. The molecule has 5 aromatic rings. The van der Waals surface area contributed by atoms with Gasteiger partial charge in [-0.15, -0.1) is 0 Å². The van der Waals surface area contributed by atoms with Crippen LogP contribution >= 0.6 is 0 Å². The average Bonchev–Trinajstić information content (AvgIpc) is 3.21. The van der Waals surface area contributed by atoms with Crippen molar-refractivity contribution in [3.8, 4) is 17.7 Å². The Labute approximate surface area is 195 Å². The first-order chi connectivity index (χ1) is 16.6. The third-order valence-electron chi connectivity index (χ3n) is 5.72. The summed E-state index contributed by atoms with van der Waals surface area (Å²) in [5.74, 6) is 1.15. The lowest BCUT2D eigenvalue weighted by Crippen LogP contribution is -2.18. The predicted octanol–water partition coefficient (Wildman–Crippen LogP) is 5.00. The van der Waals surface area contributed by atoms with E-state index >= 15 is 0 Å². The fraction of sp³-hybridized carbons (Fsp3) is 0.111. The highest BCUT2D eigenvalue weighted by Gasteiger charge is 2.18. The zero-order chi connectivity index (χ0) is 23.7. The molecular weight excluding hydrogens is 426 g/mol. The summed E-state index contributed by atoms with van der Waals surface area (Å²) in [6.07, 6.45) is 4.06. The van der Waals surface area contributed by atoms with Gasteiger partial charge in [0.1, 0.15) is 23.0 Å². The van der Waals surface area contributed by atoms with Gasteiger partial charge in [-0.25, -0.2) is 4.98 Å². The van der Waals surface area contributed by atoms with Gasteiger partial charge in [0, 0.05) is 13.2 Å². The second-order valence-electron chi connectivity index (χ2n) is 7.82. The van der Waals surface area contributed by atoms with Crippen molar-refractivity contribution in [2.24, 2.45) is 7.05 Å². The SMILES string of the molecule is CCc1ccc(Oc2nc3ccccn3c(=O)c2C=C(C#N)c2nc3ccccc3n2C)cc1. The summed E-state index contributed by atoms with van der Waals surface area (Å²) in [6.45, 7) is 2.08. The van der Waals surface area contributed by atoms with Crippen molar-refractivity contribution in [1.82, 2.24) is 18.9 Å². The Morgan fingerprint density at radius 3 is 2.56 bits per heavy atom. The first kappa shape index (κ1) is 21.2. The van der Waals surface area contributed by atoms with Gasteiger partial charge in [0.2, 0.25) is 5.88 Å². The van der Waals surface area contributed by atoms with Gasteiger partial charge in [0.05, 0.1) is 16.6 Å². The number of rotatable bonds is 5. The number of para-hydroxylation sites is 2. The second kappa shape index (κ2) is 8.68. The molecule has 0 saturated carbocycles. The molecule has 166 valence electrons. The van der Waals surface area contributed by atoms with Crippen LogP contribution in [0.2, 0.25) is 0 Å². The second-order valence-corrected chi connectivity index (χ2v) is 7.82. The maximum absolute atomic E-state index is 13.4. The highest BCUT2D eigenvalue weighted by Crippen LogP contribution is 2.27. The molecule has 0 saturated heterocycles. The Bertz CT molecular complexity index is 1650. The van der Waals surface area contributed by atoms with Crippen LogP contribution in [0.3, 0.4) is 0 Å². The lowest BCUT2D eigenvalue weighted by Gasteiger charge is -2.11. The molecule has 0 fully saturated rings. The van der Waals surface area contributed by atoms with Crippen LogP contribution in [0.15, 0.2) is 77.7 Å². The highest BCUT2D eigenvalue weighted by atomic mass is 16.5. The molecule has 7 heteroatoms. The predicted molar refractivity (Wildman–Crippen MR) is 132 cm³/mol. The molecule has 0 unspecified atom stereocenters. The minimum absolute atomic E-state index is 0.131. The van der Waals surface area contributed by atoms with E-state index in [2.05, 4.69) is 23.0 Å². The van der Waals surface area contributed by atoms with E-state index in [1.165, 1.54) is 16.0 Å². The quantitative estimate of drug-likeness (QED) is 0.354. The lowest BCUT2D eigenvalue weighted by molar-refractivity contribution is 0.461. The van der Waals surface area contributed by atoms with E-state index in [1.54, 1.807) is 24.4 Å². The van der Waals surface area contributed by atoms with Crippen LogP contribution in [0, 0.1) is 11.3 Å². The van der Waals surface area contributed by atoms with Gasteiger partial charge in [0.25, 0.3) is 5.56 Å². The smallest absolute Gasteiger partial charge is 0.269 e. The summed E-state index contributed by atoms with van der Waals surface area (Å²) in [7, 11) is 1.84. The van der Waals surface area contributed by atoms with Crippen LogP contribution in [0.25, 0.3) is 28.3 Å². The molecule has 0 aliphatic heterocycles. The number of imidazole rings is 1. The number of benzene rings is 2. The molecule has 0 radical (unpaired) electrons. The zero-order valence-corrected chi connectivity index (χ0v) is 18.8. The third kappa shape index (κ3) is 3.71. The molecular formula is C27H21N5O2. The summed E-state index contributed by atoms with van der Waals surface area (Å²) in [6, 6.07) is 22.7. The van der Waals surface area contributed by atoms with E-state index in [4.69, 9.17) is 4.74 Å². The van der Waals surface area contributed by atoms with E-state index in [0.717, 1.165) is 17.5 Å². The first-order valence-electron chi connectivity index (χ1n) is 10.9. The van der Waals surface area contributed by atoms with Gasteiger partial charge in [-0.05, 0) is 54.5 Å². The number of ether oxygens (including phenoxy) is 1. The van der Waals surface area contributed by atoms with Gasteiger partial charge in [-0.2, -0.15) is 10.2 Å². The maximum Gasteiger partial charge on any atom is 0.269 e. The van der Waals surface area contributed by atoms with E-state index < -0.39 is 0 Å². The third-order valence-corrected chi connectivity index (χ3v) is 5.72. The molecule has 3 heterocycles. The number of allylic oxidation sites excluding steroid dienone is 1. The summed E-state index contributed by atoms with van der Waals surface area (Å²) in [4.78, 5) is 22.6. The van der Waals surface area contributed by atoms with Crippen molar-refractivity contribution in [3.05, 3.63) is 100 Å². The molecule has 0 atom stereocenters. The topological polar surface area (TPSA) is 85.2 Å². The Morgan fingerprint density at radius 2 is 1.82 bits per heavy atom. The van der Waals surface area contributed by atoms with Gasteiger partial charge in [-0.1, -0.05) is 37.3 Å². The van der Waals surface area contributed by atoms with Crippen molar-refractivity contribution in [2.45, 2.75) is 13.3 Å². The number of pyridine rings is 1. The molecule has 0 spiro atoms. The van der Waals surface area contributed by atoms with Crippen molar-refractivity contribution in [2.75, 3.05) is 0 Å². The van der Waals surface area contributed by atoms with E-state index in [-0.39, 0.29) is 22.6 Å². The number of nitriles is 1. The van der Waals surface area contributed by atoms with Gasteiger partial charge in [-0.3, -0.25) is 9.20 Å². The van der Waals surface area contributed by atoms with Crippen LogP contribution in [-0.2, 0) is 13.5 Å². The summed E-state index contributed by atoms with van der Waals surface area (Å²) in [5.41, 5.74) is 3.35. The lowest BCUT2D eigenvalue weighted by atomic mass is 10.1. The van der Waals surface area contributed by atoms with Crippen molar-refractivity contribution in [1.29, 1.82) is 5.26 Å². The summed E-state index contributed by atoms with van der Waals surface area (Å²) in [5, 5.41) is 9.99. The van der Waals surface area contributed by atoms with E-state index in [9.17, 15) is 10.1 Å². The molecule has 0 aliphatic rings. The van der Waals surface area contributed by atoms with Crippen LogP contribution in [0.1, 0.15) is 23.9 Å². The van der Waals surface area contributed by atoms with Crippen LogP contribution < -0.4 is 10.3 Å². The van der Waals surface area contributed by atoms with Crippen LogP contribution in [0.4, 0.5) is 0 Å². The summed E-state index contributed by atoms with van der Waals surface area (Å²) < 4.78 is 9.33. The van der Waals surface area contributed by atoms with Gasteiger partial charge in [0.15, 0.2) is 5.82 Å². The number of hydrogen-bond donors (Lipinski definition) is 0. The Balaban J connectivity index is 1.70. The molecule has 3 aromatic heterocycles. The average molecular weight is 447 g/mol. The van der Waals surface area contributed by atoms with Crippen molar-refractivity contribution >= 4 is 28.3 Å². The standard InChI is InChI=1S/C27H21N5O2/c1-3-18-11-13-20(14-12-18)34-26-21(27(33)32-15-7-6-10-24(32)30-26)16-19(17-28)25-29-22-8-4-5-9-23(22)31(25)2/h4-16H,3H2,1-2H3. The normalized spacial score (nSPS) is 11.6. The zero-order valence-electron chi connectivity index (χ0n) is 18.8. The molecule has 0 N–H and O–H groups in total. The number of nitrogens with zero attached hydrogens (tertiary/aromatic N) is 5. The Hall–Kier alpha value is -4.70. The van der Waals surface area contributed by atoms with Crippen LogP contribution in [-0.4, -0.2) is 18.9 Å².